The molecule has 0 aliphatic heterocycles. The molecule has 5 nitrogen and oxygen atoms in total. The van der Waals surface area contributed by atoms with Crippen LogP contribution in [0.15, 0.2) is 162 Å². The Hall–Kier alpha value is -6.72. The van der Waals surface area contributed by atoms with E-state index in [-0.39, 0.29) is 0 Å². The largest absolute Gasteiger partial charge is 0.454 e. The van der Waals surface area contributed by atoms with Crippen LogP contribution in [0.3, 0.4) is 0 Å². The van der Waals surface area contributed by atoms with Gasteiger partial charge in [0.2, 0.25) is 0 Å². The molecule has 0 unspecified atom stereocenters. The molecular weight excluding hydrogens is 601 g/mol. The predicted molar refractivity (Wildman–Crippen MR) is 199 cm³/mol. The number of furan rings is 1. The highest BCUT2D eigenvalue weighted by Crippen LogP contribution is 2.41. The Morgan fingerprint density at radius 3 is 1.78 bits per heavy atom. The Labute approximate surface area is 281 Å². The molecule has 0 amide bonds. The highest BCUT2D eigenvalue weighted by atomic mass is 16.3. The lowest BCUT2D eigenvalue weighted by molar-refractivity contribution is 0.669. The number of benzene rings is 7. The summed E-state index contributed by atoms with van der Waals surface area (Å²) >= 11 is 0. The van der Waals surface area contributed by atoms with Crippen molar-refractivity contribution < 1.29 is 4.42 Å². The third kappa shape index (κ3) is 4.55. The Bertz CT molecular complexity index is 2880. The smallest absolute Gasteiger partial charge is 0.166 e. The molecule has 0 saturated carbocycles. The van der Waals surface area contributed by atoms with Crippen LogP contribution in [0, 0.1) is 0 Å². The van der Waals surface area contributed by atoms with Gasteiger partial charge in [-0.05, 0) is 50.5 Å². The summed E-state index contributed by atoms with van der Waals surface area (Å²) in [5, 5.41) is 8.87. The second-order valence-corrected chi connectivity index (χ2v) is 12.3. The van der Waals surface area contributed by atoms with Crippen molar-refractivity contribution in [2.75, 3.05) is 0 Å². The van der Waals surface area contributed by atoms with Crippen molar-refractivity contribution in [2.24, 2.45) is 0 Å². The average molecular weight is 627 g/mol. The normalized spacial score (nSPS) is 11.7. The van der Waals surface area contributed by atoms with E-state index >= 15 is 0 Å². The first-order chi connectivity index (χ1) is 24.3. The van der Waals surface area contributed by atoms with Crippen molar-refractivity contribution in [1.82, 2.24) is 19.9 Å². The van der Waals surface area contributed by atoms with Gasteiger partial charge in [0.1, 0.15) is 11.3 Å². The van der Waals surface area contributed by atoms with Crippen LogP contribution in [0.25, 0.3) is 99.7 Å². The first kappa shape index (κ1) is 27.4. The molecule has 0 radical (unpaired) electrons. The van der Waals surface area contributed by atoms with Gasteiger partial charge >= 0.3 is 0 Å². The third-order valence-electron chi connectivity index (χ3n) is 9.32. The van der Waals surface area contributed by atoms with E-state index in [4.69, 9.17) is 24.4 Å². The van der Waals surface area contributed by atoms with Gasteiger partial charge in [-0.15, -0.1) is 0 Å². The number of pyridine rings is 1. The molecule has 10 aromatic rings. The van der Waals surface area contributed by atoms with Crippen molar-refractivity contribution in [2.45, 2.75) is 0 Å². The van der Waals surface area contributed by atoms with E-state index in [1.165, 1.54) is 16.2 Å². The maximum absolute atomic E-state index is 6.69. The van der Waals surface area contributed by atoms with Gasteiger partial charge in [-0.2, -0.15) is 0 Å². The summed E-state index contributed by atoms with van der Waals surface area (Å²) in [6.45, 7) is 0. The quantitative estimate of drug-likeness (QED) is 0.182. The zero-order valence-electron chi connectivity index (χ0n) is 26.2. The maximum Gasteiger partial charge on any atom is 0.166 e. The Morgan fingerprint density at radius 1 is 0.408 bits per heavy atom. The van der Waals surface area contributed by atoms with Crippen molar-refractivity contribution in [1.29, 1.82) is 0 Å². The molecule has 0 spiro atoms. The predicted octanol–water partition coefficient (Wildman–Crippen LogP) is 11.3. The molecule has 10 rings (SSSR count). The first-order valence-electron chi connectivity index (χ1n) is 16.3. The fraction of sp³-hybridized carbons (Fsp3) is 0. The highest BCUT2D eigenvalue weighted by Gasteiger charge is 2.22. The molecule has 49 heavy (non-hydrogen) atoms. The van der Waals surface area contributed by atoms with Gasteiger partial charge in [0, 0.05) is 39.2 Å². The zero-order valence-corrected chi connectivity index (χ0v) is 26.2. The van der Waals surface area contributed by atoms with E-state index < -0.39 is 0 Å². The van der Waals surface area contributed by atoms with Gasteiger partial charge in [0.25, 0.3) is 0 Å². The molecule has 0 bridgehead atoms. The lowest BCUT2D eigenvalue weighted by atomic mass is 9.99. The first-order valence-corrected chi connectivity index (χ1v) is 16.3. The van der Waals surface area contributed by atoms with Crippen LogP contribution in [-0.4, -0.2) is 19.9 Å². The molecule has 0 fully saturated rings. The van der Waals surface area contributed by atoms with Crippen LogP contribution >= 0.6 is 0 Å². The summed E-state index contributed by atoms with van der Waals surface area (Å²) in [5.41, 5.74) is 5.86. The van der Waals surface area contributed by atoms with E-state index in [0.29, 0.717) is 23.1 Å². The highest BCUT2D eigenvalue weighted by molar-refractivity contribution is 6.17. The van der Waals surface area contributed by atoms with Gasteiger partial charge in [-0.3, -0.25) is 4.98 Å². The van der Waals surface area contributed by atoms with E-state index in [0.717, 1.165) is 60.5 Å². The summed E-state index contributed by atoms with van der Waals surface area (Å²) in [4.78, 5) is 20.4. The van der Waals surface area contributed by atoms with Crippen LogP contribution in [0.2, 0.25) is 0 Å². The second kappa shape index (κ2) is 10.9. The van der Waals surface area contributed by atoms with Crippen molar-refractivity contribution in [3.8, 4) is 45.4 Å². The van der Waals surface area contributed by atoms with Crippen molar-refractivity contribution >= 4 is 54.3 Å². The van der Waals surface area contributed by atoms with Crippen LogP contribution < -0.4 is 0 Å². The number of nitrogens with zero attached hydrogens (tertiary/aromatic N) is 4. The molecule has 0 aliphatic carbocycles. The number of aromatic nitrogens is 4. The summed E-state index contributed by atoms with van der Waals surface area (Å²) in [5.74, 6) is 1.73. The Kier molecular flexibility index (Phi) is 6.11. The summed E-state index contributed by atoms with van der Waals surface area (Å²) < 4.78 is 6.69. The molecule has 0 saturated heterocycles. The van der Waals surface area contributed by atoms with Crippen molar-refractivity contribution in [3.63, 3.8) is 0 Å². The van der Waals surface area contributed by atoms with E-state index in [9.17, 15) is 0 Å². The molecule has 0 aliphatic rings. The monoisotopic (exact) mass is 626 g/mol. The molecule has 7 aromatic carbocycles. The fourth-order valence-electron chi connectivity index (χ4n) is 6.92. The van der Waals surface area contributed by atoms with Gasteiger partial charge in [0.05, 0.1) is 0 Å². The molecule has 3 heterocycles. The lowest BCUT2D eigenvalue weighted by Crippen LogP contribution is -2.01. The van der Waals surface area contributed by atoms with Crippen molar-refractivity contribution in [3.05, 3.63) is 158 Å². The summed E-state index contributed by atoms with van der Waals surface area (Å²) in [6.07, 6.45) is 1.89. The minimum absolute atomic E-state index is 0.537. The van der Waals surface area contributed by atoms with Crippen LogP contribution in [0.5, 0.6) is 0 Å². The van der Waals surface area contributed by atoms with Crippen LogP contribution in [0.4, 0.5) is 0 Å². The SMILES string of the molecule is c1ccc(-c2nc(-c3ccc4ccc5ccccc5c4c3)nc(-c3cnc(-c4ccccc4)c4oc5cc6ccccc6cc5c34)n2)cc1. The molecule has 5 heteroatoms. The van der Waals surface area contributed by atoms with Crippen LogP contribution in [0.1, 0.15) is 0 Å². The van der Waals surface area contributed by atoms with Gasteiger partial charge in [-0.25, -0.2) is 15.0 Å². The molecular formula is C44H26N4O. The molecule has 228 valence electrons. The summed E-state index contributed by atoms with van der Waals surface area (Å²) in [6, 6.07) is 52.1. The number of fused-ring (bicyclic) bond motifs is 7. The molecule has 0 atom stereocenters. The zero-order chi connectivity index (χ0) is 32.3. The van der Waals surface area contributed by atoms with Gasteiger partial charge in [0.15, 0.2) is 23.1 Å². The minimum atomic E-state index is 0.537. The Morgan fingerprint density at radius 2 is 1.00 bits per heavy atom. The van der Waals surface area contributed by atoms with E-state index in [2.05, 4.69) is 97.1 Å². The van der Waals surface area contributed by atoms with Gasteiger partial charge < -0.3 is 4.42 Å². The third-order valence-corrected chi connectivity index (χ3v) is 9.32. The second-order valence-electron chi connectivity index (χ2n) is 12.3. The average Bonchev–Trinajstić information content (AvgIpc) is 3.55. The number of hydrogen-bond donors (Lipinski definition) is 0. The van der Waals surface area contributed by atoms with Gasteiger partial charge in [-0.1, -0.05) is 133 Å². The topological polar surface area (TPSA) is 64.7 Å². The lowest BCUT2D eigenvalue weighted by Gasteiger charge is -2.11. The maximum atomic E-state index is 6.69. The molecule has 3 aromatic heterocycles. The van der Waals surface area contributed by atoms with Crippen LogP contribution in [-0.2, 0) is 0 Å². The van der Waals surface area contributed by atoms with E-state index in [1.54, 1.807) is 0 Å². The Balaban J connectivity index is 1.27. The standard InChI is InChI=1S/C44H26N4O/c1-3-12-29(13-4-1)40-41-39(36-23-31-16-7-8-17-32(31)25-38(36)49-41)37(26-45-40)44-47-42(30-14-5-2-6-15-30)46-43(48-44)33-22-21-28-20-19-27-11-9-10-18-34(27)35(28)24-33/h1-26H. The number of rotatable bonds is 4. The van der Waals surface area contributed by atoms with E-state index in [1.807, 2.05) is 60.8 Å². The summed E-state index contributed by atoms with van der Waals surface area (Å²) in [7, 11) is 0. The number of hydrogen-bond acceptors (Lipinski definition) is 5. The molecule has 0 N–H and O–H groups in total. The fourth-order valence-corrected chi connectivity index (χ4v) is 6.92. The minimum Gasteiger partial charge on any atom is -0.454 e.